The zero-order chi connectivity index (χ0) is 86.5. The summed E-state index contributed by atoms with van der Waals surface area (Å²) in [6.45, 7) is 5.27. The lowest BCUT2D eigenvalue weighted by Crippen LogP contribution is -2.35. The van der Waals surface area contributed by atoms with Gasteiger partial charge in [0.2, 0.25) is 11.3 Å². The first-order valence-corrected chi connectivity index (χ1v) is 36.0. The van der Waals surface area contributed by atoms with E-state index in [2.05, 4.69) is 26.6 Å². The summed E-state index contributed by atoms with van der Waals surface area (Å²) in [6, 6.07) is 65.5. The van der Waals surface area contributed by atoms with Crippen LogP contribution in [0.1, 0.15) is 93.5 Å². The highest BCUT2D eigenvalue weighted by Gasteiger charge is 2.39. The fourth-order valence-electron chi connectivity index (χ4n) is 9.89. The summed E-state index contributed by atoms with van der Waals surface area (Å²) in [5.74, 6) is -1.29. The maximum absolute atomic E-state index is 13.7. The summed E-state index contributed by atoms with van der Waals surface area (Å²) in [5, 5.41) is 32.6. The molecule has 2 unspecified atom stereocenters. The number of aryl methyl sites for hydroxylation is 3. The van der Waals surface area contributed by atoms with Crippen LogP contribution in [0.4, 0.5) is 81.1 Å². The molecule has 0 aliphatic rings. The van der Waals surface area contributed by atoms with E-state index in [0.717, 1.165) is 46.0 Å². The van der Waals surface area contributed by atoms with Crippen molar-refractivity contribution >= 4 is 81.2 Å². The maximum atomic E-state index is 13.7. The first-order valence-electron chi connectivity index (χ1n) is 35.2. The number of anilines is 5. The van der Waals surface area contributed by atoms with Gasteiger partial charge in [-0.25, -0.2) is 26.3 Å². The number of phenols is 2. The van der Waals surface area contributed by atoms with Gasteiger partial charge in [-0.05, 0) is 210 Å². The molecule has 0 bridgehead atoms. The summed E-state index contributed by atoms with van der Waals surface area (Å²) in [7, 11) is 1.58. The number of halogens is 14. The molecule has 0 spiro atoms. The van der Waals surface area contributed by atoms with Gasteiger partial charge >= 0.3 is 12.4 Å². The van der Waals surface area contributed by atoms with Crippen molar-refractivity contribution in [2.45, 2.75) is 71.2 Å². The number of hydrogen-bond acceptors (Lipinski definition) is 12. The van der Waals surface area contributed by atoms with E-state index >= 15 is 0 Å². The second-order valence-electron chi connectivity index (χ2n) is 25.9. The lowest BCUT2D eigenvalue weighted by Gasteiger charge is -2.21. The standard InChI is InChI=1S/C22H21NO3.C19H17F6NO2.C18H14ClF6NO2.C14H12ClNO2.C14H13NO3/c1-17-8-7-9-18(16-17)23-22(24)20-12-5-6-13-21(20)26-15-14-25-19-10-3-2-4-11-19;1-11-4-3-5-12(8-11)16(27)26-14-9-13(19(23,24)25)6-7-15(14)28-10-18(2,22)17(20)21;1-17(22,16(20)21)9-28-14-7-6-10(18(23,24)25)8-13(14)26-15(27)11-4-2-3-5-12(11)19;1-9-8-10(6-7-12(9)15)16-14(18)11-4-2-3-5-13(11)17;1-18-11-8-6-10(7-9-11)15-14(17)12-4-2-3-5-13(12)16/h2-13,16H,14-15H2,1H3,(H,23,24);3-9,17H,10H2,1-2H3,(H,26,27);2-8,16H,9H2,1H3,(H,26,27);2-8,17H,1H3,(H,16,18);2-9,16H,1H3,(H,15,17). The van der Waals surface area contributed by atoms with Crippen molar-refractivity contribution in [3.05, 3.63) is 320 Å². The smallest absolute Gasteiger partial charge is 0.416 e. The van der Waals surface area contributed by atoms with Crippen molar-refractivity contribution < 1.29 is 111 Å². The van der Waals surface area contributed by atoms with E-state index in [1.165, 1.54) is 42.5 Å². The van der Waals surface area contributed by atoms with Crippen LogP contribution in [0.25, 0.3) is 0 Å². The van der Waals surface area contributed by atoms with Gasteiger partial charge in [0.05, 0.1) is 56.9 Å². The average molecular weight is 1680 g/mol. The Labute approximate surface area is 680 Å². The van der Waals surface area contributed by atoms with E-state index in [9.17, 15) is 86.9 Å². The summed E-state index contributed by atoms with van der Waals surface area (Å²) in [5.41, 5.74) is -3.25. The molecule has 0 radical (unpaired) electrons. The fraction of sp³-hybridized carbons (Fsp3) is 0.184. The Hall–Kier alpha value is -12.9. The Balaban J connectivity index is 0.000000206. The summed E-state index contributed by atoms with van der Waals surface area (Å²) in [4.78, 5) is 61.1. The minimum atomic E-state index is -4.74. The van der Waals surface area contributed by atoms with Crippen molar-refractivity contribution in [1.82, 2.24) is 0 Å². The Morgan fingerprint density at radius 2 is 0.797 bits per heavy atom. The van der Waals surface area contributed by atoms with Crippen molar-refractivity contribution in [3.63, 3.8) is 0 Å². The van der Waals surface area contributed by atoms with Crippen LogP contribution in [-0.4, -0.2) is 97.5 Å². The third kappa shape index (κ3) is 28.8. The topological polar surface area (TPSA) is 232 Å². The van der Waals surface area contributed by atoms with E-state index < -0.39 is 89.8 Å². The molecular weight excluding hydrogens is 1610 g/mol. The number of alkyl halides is 12. The molecule has 118 heavy (non-hydrogen) atoms. The molecule has 0 aliphatic carbocycles. The van der Waals surface area contributed by atoms with Gasteiger partial charge < -0.3 is 60.5 Å². The summed E-state index contributed by atoms with van der Waals surface area (Å²) >= 11 is 11.8. The van der Waals surface area contributed by atoms with Crippen molar-refractivity contribution in [2.24, 2.45) is 0 Å². The molecule has 0 saturated carbocycles. The lowest BCUT2D eigenvalue weighted by atomic mass is 10.1. The van der Waals surface area contributed by atoms with Crippen molar-refractivity contribution in [2.75, 3.05) is 60.1 Å². The van der Waals surface area contributed by atoms with Crippen LogP contribution < -0.4 is 50.3 Å². The molecule has 17 nitrogen and oxygen atoms in total. The number of amides is 5. The van der Waals surface area contributed by atoms with Crippen LogP contribution in [0.2, 0.25) is 10.0 Å². The van der Waals surface area contributed by atoms with Gasteiger partial charge in [0, 0.05) is 27.6 Å². The monoisotopic (exact) mass is 1680 g/mol. The SMILES string of the molecule is CC(F)(COc1ccc(C(F)(F)F)cc1NC(=O)c1ccccc1Cl)C(F)F.COc1ccc(NC(=O)c2ccccc2O)cc1.Cc1cc(NC(=O)c2ccccc2O)ccc1Cl.Cc1cccc(C(=O)Nc2cc(C(F)(F)F)ccc2OCC(C)(F)C(F)F)c1.Cc1cccc(NC(=O)c2ccccc2OCCOc2ccccc2)c1. The highest BCUT2D eigenvalue weighted by atomic mass is 35.5. The molecule has 0 saturated heterocycles. The first kappa shape index (κ1) is 92.3. The van der Waals surface area contributed by atoms with Crippen LogP contribution >= 0.6 is 23.2 Å². The molecule has 5 amide bonds. The zero-order valence-corrected chi connectivity index (χ0v) is 65.0. The van der Waals surface area contributed by atoms with E-state index in [1.807, 2.05) is 80.6 Å². The van der Waals surface area contributed by atoms with Gasteiger partial charge in [0.25, 0.3) is 42.4 Å². The van der Waals surface area contributed by atoms with Gasteiger partial charge in [0.1, 0.15) is 66.7 Å². The maximum Gasteiger partial charge on any atom is 0.416 e. The van der Waals surface area contributed by atoms with Gasteiger partial charge in [-0.2, -0.15) is 26.3 Å². The Kier molecular flexibility index (Phi) is 33.8. The molecule has 7 N–H and O–H groups in total. The van der Waals surface area contributed by atoms with Gasteiger partial charge in [0.15, 0.2) is 0 Å². The second kappa shape index (κ2) is 43.2. The Morgan fingerprint density at radius 3 is 1.28 bits per heavy atom. The van der Waals surface area contributed by atoms with Crippen LogP contribution in [0, 0.1) is 20.8 Å². The molecule has 0 fully saturated rings. The van der Waals surface area contributed by atoms with Crippen molar-refractivity contribution in [3.8, 4) is 40.2 Å². The molecule has 11 aromatic carbocycles. The van der Waals surface area contributed by atoms with E-state index in [-0.39, 0.29) is 62.2 Å². The molecule has 11 rings (SSSR count). The average Bonchev–Trinajstić information content (AvgIpc) is 0.815. The molecule has 31 heteroatoms. The minimum Gasteiger partial charge on any atom is -0.507 e. The van der Waals surface area contributed by atoms with Gasteiger partial charge in [-0.1, -0.05) is 120 Å². The molecule has 0 aromatic heterocycles. The summed E-state index contributed by atoms with van der Waals surface area (Å²) < 4.78 is 182. The largest absolute Gasteiger partial charge is 0.507 e. The highest BCUT2D eigenvalue weighted by molar-refractivity contribution is 6.34. The van der Waals surface area contributed by atoms with Crippen LogP contribution in [-0.2, 0) is 12.4 Å². The van der Waals surface area contributed by atoms with Crippen molar-refractivity contribution in [1.29, 1.82) is 0 Å². The van der Waals surface area contributed by atoms with Gasteiger partial charge in [-0.3, -0.25) is 24.0 Å². The quantitative estimate of drug-likeness (QED) is 0.0221. The number of aromatic hydroxyl groups is 2. The molecular formula is C87H77Cl2F12N5O12. The predicted octanol–water partition coefficient (Wildman–Crippen LogP) is 22.6. The number of phenolic OH excluding ortho intramolecular Hbond substituents is 2. The molecule has 0 aliphatic heterocycles. The van der Waals surface area contributed by atoms with Crippen LogP contribution in [0.3, 0.4) is 0 Å². The molecule has 11 aromatic rings. The number of para-hydroxylation sites is 4. The normalized spacial score (nSPS) is 11.9. The van der Waals surface area contributed by atoms with E-state index in [1.54, 1.807) is 123 Å². The number of benzene rings is 11. The van der Waals surface area contributed by atoms with Crippen LogP contribution in [0.15, 0.2) is 255 Å². The lowest BCUT2D eigenvalue weighted by molar-refractivity contribution is -0.138. The summed E-state index contributed by atoms with van der Waals surface area (Å²) in [6.07, 6.45) is -16.2. The third-order valence-electron chi connectivity index (χ3n) is 16.3. The fourth-order valence-corrected chi connectivity index (χ4v) is 10.2. The molecule has 2 atom stereocenters. The molecule has 0 heterocycles. The number of ether oxygens (including phenoxy) is 5. The number of carbonyl (C=O) groups is 5. The second-order valence-corrected chi connectivity index (χ2v) is 26.7. The number of carbonyl (C=O) groups excluding carboxylic acids is 5. The van der Waals surface area contributed by atoms with E-state index in [4.69, 9.17) is 46.9 Å². The van der Waals surface area contributed by atoms with Gasteiger partial charge in [-0.15, -0.1) is 0 Å². The number of methoxy groups -OCH3 is 1. The van der Waals surface area contributed by atoms with E-state index in [0.29, 0.717) is 79.0 Å². The number of hydrogen-bond donors (Lipinski definition) is 7. The third-order valence-corrected chi connectivity index (χ3v) is 17.0. The number of rotatable bonds is 24. The highest BCUT2D eigenvalue weighted by Crippen LogP contribution is 2.39. The predicted molar refractivity (Wildman–Crippen MR) is 428 cm³/mol. The first-order chi connectivity index (χ1) is 55.8. The Morgan fingerprint density at radius 1 is 0.373 bits per heavy atom. The Bertz CT molecular complexity index is 5200. The minimum absolute atomic E-state index is 0.0320. The zero-order valence-electron chi connectivity index (χ0n) is 63.5. The van der Waals surface area contributed by atoms with Crippen LogP contribution in [0.5, 0.6) is 40.2 Å². The number of nitrogens with one attached hydrogen (secondary N) is 5. The molecule has 620 valence electrons.